The monoisotopic (exact) mass is 343 g/mol. The van der Waals surface area contributed by atoms with Crippen LogP contribution in [-0.4, -0.2) is 12.6 Å². The molecule has 1 aromatic rings. The predicted molar refractivity (Wildman–Crippen MR) is 84.4 cm³/mol. The SMILES string of the molecule is CC(=CCCNC(C)C)Cc1ccc(I)cc1. The van der Waals surface area contributed by atoms with Crippen LogP contribution in [-0.2, 0) is 6.42 Å². The third-order valence-corrected chi connectivity index (χ3v) is 3.31. The fourth-order valence-corrected chi connectivity index (χ4v) is 2.05. The summed E-state index contributed by atoms with van der Waals surface area (Å²) in [7, 11) is 0. The van der Waals surface area contributed by atoms with Gasteiger partial charge >= 0.3 is 0 Å². The minimum atomic E-state index is 0.583. The van der Waals surface area contributed by atoms with E-state index in [4.69, 9.17) is 0 Å². The van der Waals surface area contributed by atoms with E-state index < -0.39 is 0 Å². The number of allylic oxidation sites excluding steroid dienone is 1. The van der Waals surface area contributed by atoms with Crippen molar-refractivity contribution in [3.05, 3.63) is 45.0 Å². The molecule has 0 aliphatic heterocycles. The summed E-state index contributed by atoms with van der Waals surface area (Å²) in [6.45, 7) is 7.65. The normalized spacial score (nSPS) is 12.2. The Kier molecular flexibility index (Phi) is 6.82. The molecule has 0 unspecified atom stereocenters. The van der Waals surface area contributed by atoms with Gasteiger partial charge in [0.25, 0.3) is 0 Å². The molecular formula is C15H22IN. The molecule has 0 atom stereocenters. The van der Waals surface area contributed by atoms with E-state index in [9.17, 15) is 0 Å². The first kappa shape index (κ1) is 14.7. The van der Waals surface area contributed by atoms with Crippen molar-refractivity contribution in [3.63, 3.8) is 0 Å². The van der Waals surface area contributed by atoms with E-state index in [0.29, 0.717) is 6.04 Å². The first-order valence-electron chi connectivity index (χ1n) is 6.21. The van der Waals surface area contributed by atoms with Gasteiger partial charge in [-0.25, -0.2) is 0 Å². The van der Waals surface area contributed by atoms with E-state index in [-0.39, 0.29) is 0 Å². The summed E-state index contributed by atoms with van der Waals surface area (Å²) in [6.07, 6.45) is 4.53. The molecule has 0 aliphatic rings. The van der Waals surface area contributed by atoms with Gasteiger partial charge in [0.2, 0.25) is 0 Å². The zero-order valence-corrected chi connectivity index (χ0v) is 13.1. The fourth-order valence-electron chi connectivity index (χ4n) is 1.69. The number of benzene rings is 1. The summed E-state index contributed by atoms with van der Waals surface area (Å²) >= 11 is 2.34. The second kappa shape index (κ2) is 7.88. The highest BCUT2D eigenvalue weighted by Gasteiger charge is 1.95. The van der Waals surface area contributed by atoms with Crippen LogP contribution in [0.3, 0.4) is 0 Å². The summed E-state index contributed by atoms with van der Waals surface area (Å²) in [4.78, 5) is 0. The maximum atomic E-state index is 3.43. The van der Waals surface area contributed by atoms with E-state index in [0.717, 1.165) is 19.4 Å². The molecule has 1 N–H and O–H groups in total. The van der Waals surface area contributed by atoms with Crippen LogP contribution in [0.4, 0.5) is 0 Å². The second-order valence-electron chi connectivity index (χ2n) is 4.75. The fraction of sp³-hybridized carbons (Fsp3) is 0.467. The Balaban J connectivity index is 2.35. The van der Waals surface area contributed by atoms with Gasteiger partial charge in [-0.1, -0.05) is 37.6 Å². The molecule has 0 saturated carbocycles. The van der Waals surface area contributed by atoms with Gasteiger partial charge in [0, 0.05) is 9.61 Å². The molecule has 0 amide bonds. The average molecular weight is 343 g/mol. The van der Waals surface area contributed by atoms with E-state index in [2.05, 4.69) is 79.0 Å². The molecular weight excluding hydrogens is 321 g/mol. The van der Waals surface area contributed by atoms with Gasteiger partial charge in [0.15, 0.2) is 0 Å². The van der Waals surface area contributed by atoms with Crippen molar-refractivity contribution in [1.29, 1.82) is 0 Å². The number of hydrogen-bond donors (Lipinski definition) is 1. The van der Waals surface area contributed by atoms with Gasteiger partial charge in [-0.05, 0) is 66.6 Å². The van der Waals surface area contributed by atoms with Crippen LogP contribution in [0.5, 0.6) is 0 Å². The van der Waals surface area contributed by atoms with Gasteiger partial charge in [-0.2, -0.15) is 0 Å². The molecule has 1 nitrogen and oxygen atoms in total. The first-order valence-corrected chi connectivity index (χ1v) is 7.29. The molecule has 94 valence electrons. The summed E-state index contributed by atoms with van der Waals surface area (Å²) in [5, 5.41) is 3.43. The van der Waals surface area contributed by atoms with Crippen molar-refractivity contribution < 1.29 is 0 Å². The number of nitrogens with one attached hydrogen (secondary N) is 1. The topological polar surface area (TPSA) is 12.0 Å². The van der Waals surface area contributed by atoms with Crippen molar-refractivity contribution in [2.75, 3.05) is 6.54 Å². The summed E-state index contributed by atoms with van der Waals surface area (Å²) < 4.78 is 1.30. The van der Waals surface area contributed by atoms with E-state index >= 15 is 0 Å². The molecule has 17 heavy (non-hydrogen) atoms. The van der Waals surface area contributed by atoms with Gasteiger partial charge in [-0.15, -0.1) is 0 Å². The van der Waals surface area contributed by atoms with Crippen LogP contribution < -0.4 is 5.32 Å². The molecule has 0 aliphatic carbocycles. The summed E-state index contributed by atoms with van der Waals surface area (Å²) in [5.41, 5.74) is 2.85. The number of rotatable bonds is 6. The molecule has 1 aromatic carbocycles. The number of hydrogen-bond acceptors (Lipinski definition) is 1. The molecule has 0 saturated heterocycles. The molecule has 0 radical (unpaired) electrons. The van der Waals surface area contributed by atoms with Gasteiger partial charge in [-0.3, -0.25) is 0 Å². The van der Waals surface area contributed by atoms with Crippen LogP contribution in [0.1, 0.15) is 32.8 Å². The second-order valence-corrected chi connectivity index (χ2v) is 6.00. The van der Waals surface area contributed by atoms with Crippen LogP contribution in [0.25, 0.3) is 0 Å². The molecule has 0 heterocycles. The van der Waals surface area contributed by atoms with E-state index in [1.807, 2.05) is 0 Å². The highest BCUT2D eigenvalue weighted by atomic mass is 127. The molecule has 0 bridgehead atoms. The first-order chi connectivity index (χ1) is 8.08. The minimum absolute atomic E-state index is 0.583. The van der Waals surface area contributed by atoms with Crippen molar-refractivity contribution in [1.82, 2.24) is 5.32 Å². The van der Waals surface area contributed by atoms with Crippen molar-refractivity contribution in [2.24, 2.45) is 0 Å². The third kappa shape index (κ3) is 6.84. The zero-order valence-electron chi connectivity index (χ0n) is 11.0. The molecule has 0 fully saturated rings. The lowest BCUT2D eigenvalue weighted by molar-refractivity contribution is 0.594. The number of halogens is 1. The largest absolute Gasteiger partial charge is 0.314 e. The van der Waals surface area contributed by atoms with Crippen molar-refractivity contribution >= 4 is 22.6 Å². The standard InChI is InChI=1S/C15H22IN/c1-12(2)17-10-4-5-13(3)11-14-6-8-15(16)9-7-14/h5-9,12,17H,4,10-11H2,1-3H3. The highest BCUT2D eigenvalue weighted by molar-refractivity contribution is 14.1. The third-order valence-electron chi connectivity index (χ3n) is 2.59. The molecule has 0 spiro atoms. The van der Waals surface area contributed by atoms with Crippen LogP contribution in [0, 0.1) is 3.57 Å². The maximum Gasteiger partial charge on any atom is 0.0130 e. The Hall–Kier alpha value is -0.350. The average Bonchev–Trinajstić information content (AvgIpc) is 2.27. The van der Waals surface area contributed by atoms with Gasteiger partial charge in [0.05, 0.1) is 0 Å². The summed E-state index contributed by atoms with van der Waals surface area (Å²) in [6, 6.07) is 9.35. The quantitative estimate of drug-likeness (QED) is 0.464. The van der Waals surface area contributed by atoms with Gasteiger partial charge < -0.3 is 5.32 Å². The van der Waals surface area contributed by atoms with Crippen LogP contribution in [0.15, 0.2) is 35.9 Å². The van der Waals surface area contributed by atoms with Crippen molar-refractivity contribution in [2.45, 2.75) is 39.7 Å². The lowest BCUT2D eigenvalue weighted by atomic mass is 10.1. The Labute approximate surface area is 119 Å². The predicted octanol–water partition coefficient (Wildman–Crippen LogP) is 4.17. The lowest BCUT2D eigenvalue weighted by Crippen LogP contribution is -2.23. The van der Waals surface area contributed by atoms with Crippen LogP contribution >= 0.6 is 22.6 Å². The minimum Gasteiger partial charge on any atom is -0.314 e. The molecule has 2 heteroatoms. The van der Waals surface area contributed by atoms with Crippen LogP contribution in [0.2, 0.25) is 0 Å². The molecule has 1 rings (SSSR count). The smallest absolute Gasteiger partial charge is 0.0130 e. The van der Waals surface area contributed by atoms with Gasteiger partial charge in [0.1, 0.15) is 0 Å². The summed E-state index contributed by atoms with van der Waals surface area (Å²) in [5.74, 6) is 0. The lowest BCUT2D eigenvalue weighted by Gasteiger charge is -2.06. The van der Waals surface area contributed by atoms with E-state index in [1.165, 1.54) is 14.7 Å². The highest BCUT2D eigenvalue weighted by Crippen LogP contribution is 2.11. The zero-order chi connectivity index (χ0) is 12.7. The maximum absolute atomic E-state index is 3.43. The Morgan fingerprint density at radius 1 is 1.29 bits per heavy atom. The van der Waals surface area contributed by atoms with E-state index in [1.54, 1.807) is 0 Å². The van der Waals surface area contributed by atoms with Crippen molar-refractivity contribution in [3.8, 4) is 0 Å². The Bertz CT molecular complexity index is 352. The Morgan fingerprint density at radius 3 is 2.53 bits per heavy atom. The molecule has 0 aromatic heterocycles. The Morgan fingerprint density at radius 2 is 1.94 bits per heavy atom.